The lowest BCUT2D eigenvalue weighted by Crippen LogP contribution is -2.19. The average Bonchev–Trinajstić information content (AvgIpc) is 2.59. The molecule has 0 unspecified atom stereocenters. The Bertz CT molecular complexity index is 351. The van der Waals surface area contributed by atoms with Gasteiger partial charge in [0, 0.05) is 13.6 Å². The van der Waals surface area contributed by atoms with Crippen LogP contribution >= 0.6 is 11.5 Å². The molecule has 0 spiro atoms. The van der Waals surface area contributed by atoms with Crippen LogP contribution in [0.5, 0.6) is 0 Å². The third-order valence-electron chi connectivity index (χ3n) is 2.00. The summed E-state index contributed by atoms with van der Waals surface area (Å²) < 4.78 is 8.63. The van der Waals surface area contributed by atoms with Crippen molar-refractivity contribution in [3.63, 3.8) is 0 Å². The molecule has 0 aromatic carbocycles. The number of ether oxygens (including phenoxy) is 1. The molecule has 1 aromatic heterocycles. The normalized spacial score (nSPS) is 10.1. The van der Waals surface area contributed by atoms with Crippen molar-refractivity contribution < 1.29 is 9.53 Å². The minimum absolute atomic E-state index is 0.241. The van der Waals surface area contributed by atoms with Crippen molar-refractivity contribution in [1.29, 1.82) is 0 Å². The summed E-state index contributed by atoms with van der Waals surface area (Å²) in [5, 5.41) is 0.765. The Balaban J connectivity index is 3.02. The van der Waals surface area contributed by atoms with Gasteiger partial charge in [0.15, 0.2) is 5.82 Å². The summed E-state index contributed by atoms with van der Waals surface area (Å²) in [6.07, 6.45) is 0.995. The first-order valence-corrected chi connectivity index (χ1v) is 5.43. The van der Waals surface area contributed by atoms with Crippen molar-refractivity contribution in [2.75, 3.05) is 31.3 Å². The predicted molar refractivity (Wildman–Crippen MR) is 61.4 cm³/mol. The van der Waals surface area contributed by atoms with Crippen molar-refractivity contribution in [2.24, 2.45) is 0 Å². The Morgan fingerprint density at radius 2 is 2.33 bits per heavy atom. The predicted octanol–water partition coefficient (Wildman–Crippen LogP) is 1.36. The van der Waals surface area contributed by atoms with Crippen molar-refractivity contribution in [1.82, 2.24) is 4.37 Å². The summed E-state index contributed by atoms with van der Waals surface area (Å²) in [6.45, 7) is 2.92. The second-order valence-electron chi connectivity index (χ2n) is 3.16. The van der Waals surface area contributed by atoms with E-state index in [1.165, 1.54) is 18.6 Å². The molecule has 1 rings (SSSR count). The first-order valence-electron chi connectivity index (χ1n) is 4.66. The number of rotatable bonds is 4. The molecular formula is C9H15N3O2S. The smallest absolute Gasteiger partial charge is 0.344 e. The summed E-state index contributed by atoms with van der Waals surface area (Å²) in [4.78, 5) is 13.4. The monoisotopic (exact) mass is 229 g/mol. The van der Waals surface area contributed by atoms with Gasteiger partial charge in [-0.05, 0) is 18.0 Å². The van der Waals surface area contributed by atoms with E-state index >= 15 is 0 Å². The van der Waals surface area contributed by atoms with E-state index in [0.29, 0.717) is 5.56 Å². The van der Waals surface area contributed by atoms with Gasteiger partial charge in [-0.25, -0.2) is 4.79 Å². The van der Waals surface area contributed by atoms with Crippen molar-refractivity contribution in [3.8, 4) is 0 Å². The van der Waals surface area contributed by atoms with Crippen molar-refractivity contribution >= 4 is 28.3 Å². The summed E-state index contributed by atoms with van der Waals surface area (Å²) in [5.41, 5.74) is 6.00. The Morgan fingerprint density at radius 1 is 1.67 bits per heavy atom. The number of esters is 1. The standard InChI is InChI=1S/C9H15N3O2S/c1-4-5-12(2)8-6(9(13)14-3)7(10)11-15-8/h4-5H2,1-3H3,(H2,10,11). The van der Waals surface area contributed by atoms with Crippen LogP contribution in [-0.4, -0.2) is 31.0 Å². The van der Waals surface area contributed by atoms with E-state index in [4.69, 9.17) is 5.73 Å². The minimum atomic E-state index is -0.431. The fourth-order valence-electron chi connectivity index (χ4n) is 1.28. The maximum atomic E-state index is 11.5. The van der Waals surface area contributed by atoms with E-state index in [-0.39, 0.29) is 5.82 Å². The minimum Gasteiger partial charge on any atom is -0.465 e. The largest absolute Gasteiger partial charge is 0.465 e. The van der Waals surface area contributed by atoms with E-state index < -0.39 is 5.97 Å². The highest BCUT2D eigenvalue weighted by molar-refractivity contribution is 7.11. The van der Waals surface area contributed by atoms with Crippen LogP contribution < -0.4 is 10.6 Å². The van der Waals surface area contributed by atoms with Gasteiger partial charge in [0.25, 0.3) is 0 Å². The number of carbonyl (C=O) groups is 1. The molecule has 1 aromatic rings. The summed E-state index contributed by atoms with van der Waals surface area (Å²) in [5.74, 6) is -0.191. The molecule has 1 heterocycles. The number of nitrogens with zero attached hydrogens (tertiary/aromatic N) is 2. The molecule has 2 N–H and O–H groups in total. The highest BCUT2D eigenvalue weighted by Crippen LogP contribution is 2.30. The number of methoxy groups -OCH3 is 1. The van der Waals surface area contributed by atoms with Gasteiger partial charge in [-0.1, -0.05) is 6.92 Å². The lowest BCUT2D eigenvalue weighted by Gasteiger charge is -2.16. The second kappa shape index (κ2) is 4.97. The molecule has 84 valence electrons. The Labute approximate surface area is 93.0 Å². The molecule has 0 aliphatic heterocycles. The number of nitrogen functional groups attached to an aromatic ring is 1. The first kappa shape index (κ1) is 11.8. The van der Waals surface area contributed by atoms with Crippen LogP contribution in [0.1, 0.15) is 23.7 Å². The third-order valence-corrected chi connectivity index (χ3v) is 2.97. The molecule has 5 nitrogen and oxygen atoms in total. The average molecular weight is 229 g/mol. The third kappa shape index (κ3) is 2.38. The SMILES string of the molecule is CCCN(C)c1snc(N)c1C(=O)OC. The molecule has 0 bridgehead atoms. The van der Waals surface area contributed by atoms with E-state index in [1.54, 1.807) is 0 Å². The zero-order valence-electron chi connectivity index (χ0n) is 9.11. The highest BCUT2D eigenvalue weighted by Gasteiger charge is 2.21. The maximum absolute atomic E-state index is 11.5. The van der Waals surface area contributed by atoms with Crippen LogP contribution in [0.15, 0.2) is 0 Å². The van der Waals surface area contributed by atoms with E-state index in [0.717, 1.165) is 18.0 Å². The van der Waals surface area contributed by atoms with Crippen molar-refractivity contribution in [2.45, 2.75) is 13.3 Å². The van der Waals surface area contributed by atoms with Crippen LogP contribution in [0.4, 0.5) is 10.8 Å². The van der Waals surface area contributed by atoms with Gasteiger partial charge in [-0.3, -0.25) is 0 Å². The number of carbonyl (C=O) groups excluding carboxylic acids is 1. The summed E-state index contributed by atoms with van der Waals surface area (Å²) in [6, 6.07) is 0. The fourth-order valence-corrected chi connectivity index (χ4v) is 2.07. The number of aromatic nitrogens is 1. The highest BCUT2D eigenvalue weighted by atomic mass is 32.1. The van der Waals surface area contributed by atoms with Gasteiger partial charge in [0.1, 0.15) is 10.6 Å². The number of hydrogen-bond acceptors (Lipinski definition) is 6. The van der Waals surface area contributed by atoms with E-state index in [2.05, 4.69) is 16.0 Å². The molecule has 0 amide bonds. The summed E-state index contributed by atoms with van der Waals surface area (Å²) >= 11 is 1.22. The first-order chi connectivity index (χ1) is 7.11. The lowest BCUT2D eigenvalue weighted by molar-refractivity contribution is 0.0603. The summed E-state index contributed by atoms with van der Waals surface area (Å²) in [7, 11) is 3.24. The lowest BCUT2D eigenvalue weighted by atomic mass is 10.3. The number of nitrogens with two attached hydrogens (primary N) is 1. The molecular weight excluding hydrogens is 214 g/mol. The molecule has 0 radical (unpaired) electrons. The van der Waals surface area contributed by atoms with Crippen LogP contribution in [-0.2, 0) is 4.74 Å². The van der Waals surface area contributed by atoms with Crippen LogP contribution in [0, 0.1) is 0 Å². The molecule has 0 fully saturated rings. The molecule has 6 heteroatoms. The van der Waals surface area contributed by atoms with Crippen LogP contribution in [0.3, 0.4) is 0 Å². The fraction of sp³-hybridized carbons (Fsp3) is 0.556. The Hall–Kier alpha value is -1.30. The van der Waals surface area contributed by atoms with Gasteiger partial charge < -0.3 is 15.4 Å². The van der Waals surface area contributed by atoms with Gasteiger partial charge >= 0.3 is 5.97 Å². The molecule has 15 heavy (non-hydrogen) atoms. The Kier molecular flexibility index (Phi) is 3.90. The van der Waals surface area contributed by atoms with Crippen LogP contribution in [0.25, 0.3) is 0 Å². The molecule has 0 saturated heterocycles. The molecule has 0 aliphatic carbocycles. The van der Waals surface area contributed by atoms with Crippen molar-refractivity contribution in [3.05, 3.63) is 5.56 Å². The van der Waals surface area contributed by atoms with Gasteiger partial charge in [-0.15, -0.1) is 0 Å². The quantitative estimate of drug-likeness (QED) is 0.789. The van der Waals surface area contributed by atoms with E-state index in [1.807, 2.05) is 11.9 Å². The molecule has 0 saturated carbocycles. The van der Waals surface area contributed by atoms with Crippen LogP contribution in [0.2, 0.25) is 0 Å². The second-order valence-corrected chi connectivity index (χ2v) is 3.91. The van der Waals surface area contributed by atoms with E-state index in [9.17, 15) is 4.79 Å². The zero-order valence-corrected chi connectivity index (χ0v) is 9.93. The zero-order chi connectivity index (χ0) is 11.4. The topological polar surface area (TPSA) is 68.5 Å². The Morgan fingerprint density at radius 3 is 2.87 bits per heavy atom. The molecule has 0 aliphatic rings. The van der Waals surface area contributed by atoms with Gasteiger partial charge in [0.05, 0.1) is 7.11 Å². The van der Waals surface area contributed by atoms with Gasteiger partial charge in [-0.2, -0.15) is 4.37 Å². The molecule has 0 atom stereocenters. The van der Waals surface area contributed by atoms with Gasteiger partial charge in [0.2, 0.25) is 0 Å². The number of anilines is 2. The number of hydrogen-bond donors (Lipinski definition) is 1. The maximum Gasteiger partial charge on any atom is 0.344 e.